The smallest absolute Gasteiger partial charge is 0.252 e. The van der Waals surface area contributed by atoms with Crippen LogP contribution in [0.4, 0.5) is 5.82 Å². The summed E-state index contributed by atoms with van der Waals surface area (Å²) in [7, 11) is 1.59. The van der Waals surface area contributed by atoms with E-state index in [-0.39, 0.29) is 5.91 Å². The number of nitrogens with zero attached hydrogens (tertiary/aromatic N) is 1. The number of pyridine rings is 1. The van der Waals surface area contributed by atoms with E-state index in [0.29, 0.717) is 24.5 Å². The Morgan fingerprint density at radius 1 is 1.42 bits per heavy atom. The van der Waals surface area contributed by atoms with E-state index in [1.807, 2.05) is 24.3 Å². The number of hydrazine groups is 1. The Morgan fingerprint density at radius 3 is 2.95 bits per heavy atom. The average Bonchev–Trinajstić information content (AvgIpc) is 2.46. The first-order chi connectivity index (χ1) is 9.26. The first kappa shape index (κ1) is 13.3. The Kier molecular flexibility index (Phi) is 4.27. The van der Waals surface area contributed by atoms with Crippen molar-refractivity contribution in [2.24, 2.45) is 5.84 Å². The van der Waals surface area contributed by atoms with Crippen LogP contribution in [-0.4, -0.2) is 31.2 Å². The number of nitrogens with two attached hydrogens (primary N) is 1. The number of hydrogen-bond acceptors (Lipinski definition) is 5. The molecule has 2 aromatic rings. The second-order valence-electron chi connectivity index (χ2n) is 3.97. The zero-order chi connectivity index (χ0) is 13.7. The maximum absolute atomic E-state index is 12.1. The number of rotatable bonds is 5. The minimum absolute atomic E-state index is 0.174. The van der Waals surface area contributed by atoms with Crippen LogP contribution in [0.15, 0.2) is 30.3 Å². The lowest BCUT2D eigenvalue weighted by Gasteiger charge is -2.09. The maximum atomic E-state index is 12.1. The Balaban J connectivity index is 2.37. The van der Waals surface area contributed by atoms with Crippen molar-refractivity contribution >= 4 is 22.6 Å². The molecule has 0 aliphatic rings. The number of ether oxygens (including phenoxy) is 1. The number of amides is 1. The summed E-state index contributed by atoms with van der Waals surface area (Å²) in [6.45, 7) is 0.925. The molecule has 0 atom stereocenters. The molecule has 19 heavy (non-hydrogen) atoms. The molecule has 0 spiro atoms. The predicted molar refractivity (Wildman–Crippen MR) is 73.8 cm³/mol. The second-order valence-corrected chi connectivity index (χ2v) is 3.97. The second kappa shape index (κ2) is 6.12. The van der Waals surface area contributed by atoms with Crippen LogP contribution in [-0.2, 0) is 4.74 Å². The average molecular weight is 260 g/mol. The first-order valence-corrected chi connectivity index (χ1v) is 5.90. The summed E-state index contributed by atoms with van der Waals surface area (Å²) in [4.78, 5) is 16.4. The molecule has 0 fully saturated rings. The number of methoxy groups -OCH3 is 1. The largest absolute Gasteiger partial charge is 0.383 e. The molecular weight excluding hydrogens is 244 g/mol. The van der Waals surface area contributed by atoms with Crippen molar-refractivity contribution in [1.29, 1.82) is 0 Å². The Labute approximate surface area is 110 Å². The van der Waals surface area contributed by atoms with Gasteiger partial charge in [-0.25, -0.2) is 10.8 Å². The van der Waals surface area contributed by atoms with Crippen LogP contribution in [0, 0.1) is 0 Å². The molecule has 2 rings (SSSR count). The van der Waals surface area contributed by atoms with Gasteiger partial charge in [-0.2, -0.15) is 0 Å². The third kappa shape index (κ3) is 2.98. The van der Waals surface area contributed by atoms with E-state index < -0.39 is 0 Å². The predicted octanol–water partition coefficient (Wildman–Crippen LogP) is 0.897. The van der Waals surface area contributed by atoms with Crippen molar-refractivity contribution in [3.63, 3.8) is 0 Å². The normalized spacial score (nSPS) is 10.4. The molecule has 0 saturated carbocycles. The summed E-state index contributed by atoms with van der Waals surface area (Å²) in [6, 6.07) is 9.05. The summed E-state index contributed by atoms with van der Waals surface area (Å²) in [6.07, 6.45) is 0. The highest BCUT2D eigenvalue weighted by Gasteiger charge is 2.12. The van der Waals surface area contributed by atoms with Crippen LogP contribution in [0.25, 0.3) is 10.9 Å². The van der Waals surface area contributed by atoms with Crippen LogP contribution < -0.4 is 16.6 Å². The minimum atomic E-state index is -0.174. The molecule has 6 nitrogen and oxygen atoms in total. The lowest BCUT2D eigenvalue weighted by molar-refractivity contribution is 0.0938. The molecule has 1 aromatic carbocycles. The van der Waals surface area contributed by atoms with Crippen molar-refractivity contribution in [3.8, 4) is 0 Å². The van der Waals surface area contributed by atoms with Gasteiger partial charge in [0.25, 0.3) is 5.91 Å². The number of nitrogen functional groups attached to an aromatic ring is 1. The lowest BCUT2D eigenvalue weighted by Crippen LogP contribution is -2.27. The van der Waals surface area contributed by atoms with E-state index in [9.17, 15) is 4.79 Å². The van der Waals surface area contributed by atoms with Gasteiger partial charge in [0.2, 0.25) is 0 Å². The van der Waals surface area contributed by atoms with Crippen molar-refractivity contribution < 1.29 is 9.53 Å². The topological polar surface area (TPSA) is 89.3 Å². The highest BCUT2D eigenvalue weighted by Crippen LogP contribution is 2.20. The molecule has 0 saturated heterocycles. The number of carbonyl (C=O) groups excluding carboxylic acids is 1. The molecular formula is C13H16N4O2. The lowest BCUT2D eigenvalue weighted by atomic mass is 10.1. The quantitative estimate of drug-likeness (QED) is 0.422. The van der Waals surface area contributed by atoms with E-state index in [0.717, 1.165) is 10.9 Å². The molecule has 1 amide bonds. The van der Waals surface area contributed by atoms with Gasteiger partial charge in [-0.15, -0.1) is 0 Å². The van der Waals surface area contributed by atoms with E-state index in [1.165, 1.54) is 0 Å². The van der Waals surface area contributed by atoms with Crippen LogP contribution in [0.5, 0.6) is 0 Å². The number of anilines is 1. The van der Waals surface area contributed by atoms with Gasteiger partial charge in [0.15, 0.2) is 0 Å². The SMILES string of the molecule is COCCNC(=O)c1cc(NN)nc2ccccc12. The number of carbonyl (C=O) groups is 1. The third-order valence-electron chi connectivity index (χ3n) is 2.70. The van der Waals surface area contributed by atoms with Crippen molar-refractivity contribution in [1.82, 2.24) is 10.3 Å². The maximum Gasteiger partial charge on any atom is 0.252 e. The van der Waals surface area contributed by atoms with E-state index in [1.54, 1.807) is 13.2 Å². The zero-order valence-electron chi connectivity index (χ0n) is 10.6. The van der Waals surface area contributed by atoms with Gasteiger partial charge in [0.1, 0.15) is 5.82 Å². The summed E-state index contributed by atoms with van der Waals surface area (Å²) >= 11 is 0. The van der Waals surface area contributed by atoms with E-state index >= 15 is 0 Å². The number of aromatic nitrogens is 1. The van der Waals surface area contributed by atoms with Crippen molar-refractivity contribution in [2.45, 2.75) is 0 Å². The monoisotopic (exact) mass is 260 g/mol. The Bertz CT molecular complexity index is 586. The number of fused-ring (bicyclic) bond motifs is 1. The van der Waals surface area contributed by atoms with Gasteiger partial charge in [-0.1, -0.05) is 18.2 Å². The van der Waals surface area contributed by atoms with Crippen LogP contribution in [0.3, 0.4) is 0 Å². The minimum Gasteiger partial charge on any atom is -0.383 e. The third-order valence-corrected chi connectivity index (χ3v) is 2.70. The van der Waals surface area contributed by atoms with Crippen LogP contribution in [0.2, 0.25) is 0 Å². The number of benzene rings is 1. The standard InChI is InChI=1S/C13H16N4O2/c1-19-7-6-15-13(18)10-8-12(17-14)16-11-5-3-2-4-9(10)11/h2-5,8H,6-7,14H2,1H3,(H,15,18)(H,16,17). The zero-order valence-corrected chi connectivity index (χ0v) is 10.6. The molecule has 1 heterocycles. The molecule has 0 aliphatic carbocycles. The fraction of sp³-hybridized carbons (Fsp3) is 0.231. The number of para-hydroxylation sites is 1. The molecule has 0 radical (unpaired) electrons. The molecule has 0 unspecified atom stereocenters. The fourth-order valence-corrected chi connectivity index (χ4v) is 1.80. The van der Waals surface area contributed by atoms with Crippen LogP contribution in [0.1, 0.15) is 10.4 Å². The summed E-state index contributed by atoms with van der Waals surface area (Å²) in [5, 5.41) is 3.57. The van der Waals surface area contributed by atoms with Crippen LogP contribution >= 0.6 is 0 Å². The number of nitrogens with one attached hydrogen (secondary N) is 2. The van der Waals surface area contributed by atoms with Crippen molar-refractivity contribution in [3.05, 3.63) is 35.9 Å². The van der Waals surface area contributed by atoms with Crippen molar-refractivity contribution in [2.75, 3.05) is 25.7 Å². The van der Waals surface area contributed by atoms with Gasteiger partial charge in [0, 0.05) is 19.0 Å². The van der Waals surface area contributed by atoms with Gasteiger partial charge < -0.3 is 15.5 Å². The highest BCUT2D eigenvalue weighted by molar-refractivity contribution is 6.06. The summed E-state index contributed by atoms with van der Waals surface area (Å²) in [5.41, 5.74) is 3.72. The van der Waals surface area contributed by atoms with E-state index in [2.05, 4.69) is 15.7 Å². The first-order valence-electron chi connectivity index (χ1n) is 5.90. The van der Waals surface area contributed by atoms with Gasteiger partial charge >= 0.3 is 0 Å². The molecule has 0 aliphatic heterocycles. The molecule has 0 bridgehead atoms. The van der Waals surface area contributed by atoms with Gasteiger partial charge in [0.05, 0.1) is 17.7 Å². The number of hydrogen-bond donors (Lipinski definition) is 3. The molecule has 4 N–H and O–H groups in total. The van der Waals surface area contributed by atoms with Gasteiger partial charge in [-0.3, -0.25) is 4.79 Å². The Hall–Kier alpha value is -2.18. The Morgan fingerprint density at radius 2 is 2.21 bits per heavy atom. The van der Waals surface area contributed by atoms with E-state index in [4.69, 9.17) is 10.6 Å². The molecule has 100 valence electrons. The fourth-order valence-electron chi connectivity index (χ4n) is 1.80. The summed E-state index contributed by atoms with van der Waals surface area (Å²) < 4.78 is 4.90. The van der Waals surface area contributed by atoms with Gasteiger partial charge in [-0.05, 0) is 12.1 Å². The molecule has 6 heteroatoms. The molecule has 1 aromatic heterocycles. The summed E-state index contributed by atoms with van der Waals surface area (Å²) in [5.74, 6) is 5.65. The highest BCUT2D eigenvalue weighted by atomic mass is 16.5.